The monoisotopic (exact) mass is 414 g/mol. The molecular formula is C30H26N2. The first-order valence-electron chi connectivity index (χ1n) is 11.0. The fourth-order valence-electron chi connectivity index (χ4n) is 4.12. The molecule has 0 aliphatic heterocycles. The van der Waals surface area contributed by atoms with Gasteiger partial charge in [-0.3, -0.25) is 4.98 Å². The van der Waals surface area contributed by atoms with Crippen molar-refractivity contribution in [2.45, 2.75) is 13.8 Å². The smallest absolute Gasteiger partial charge is 0.0708 e. The van der Waals surface area contributed by atoms with E-state index >= 15 is 0 Å². The maximum absolute atomic E-state index is 4.50. The summed E-state index contributed by atoms with van der Waals surface area (Å²) in [5.74, 6) is 0. The molecule has 2 heteroatoms. The second-order valence-corrected chi connectivity index (χ2v) is 8.70. The second-order valence-electron chi connectivity index (χ2n) is 8.70. The standard InChI is InChI=1S/C30H26N2/c1-30(2)20-8-11-25(18-21-30)32(24-9-4-3-5-10-24)26-16-14-23(15-17-26)27-19-22-31-29-13-7-6-12-28(27)29/h3-22H,1-2H3. The third-order valence-electron chi connectivity index (χ3n) is 5.83. The first kappa shape index (κ1) is 20.0. The van der Waals surface area contributed by atoms with Crippen LogP contribution in [0.4, 0.5) is 11.4 Å². The van der Waals surface area contributed by atoms with Crippen molar-refractivity contribution in [2.24, 2.45) is 5.41 Å². The van der Waals surface area contributed by atoms with Crippen molar-refractivity contribution in [1.82, 2.24) is 4.98 Å². The molecule has 0 bridgehead atoms. The predicted octanol–water partition coefficient (Wildman–Crippen LogP) is 8.08. The quantitative estimate of drug-likeness (QED) is 0.335. The van der Waals surface area contributed by atoms with Crippen LogP contribution < -0.4 is 4.90 Å². The first-order chi connectivity index (χ1) is 15.6. The molecule has 156 valence electrons. The van der Waals surface area contributed by atoms with E-state index in [1.807, 2.05) is 12.3 Å². The Bertz CT molecular complexity index is 1320. The molecule has 0 atom stereocenters. The fraction of sp³-hybridized carbons (Fsp3) is 0.100. The highest BCUT2D eigenvalue weighted by Gasteiger charge is 2.17. The van der Waals surface area contributed by atoms with Gasteiger partial charge in [0.05, 0.1) is 5.52 Å². The number of benzene rings is 3. The maximum atomic E-state index is 4.50. The summed E-state index contributed by atoms with van der Waals surface area (Å²) in [5, 5.41) is 1.17. The summed E-state index contributed by atoms with van der Waals surface area (Å²) >= 11 is 0. The van der Waals surface area contributed by atoms with E-state index in [4.69, 9.17) is 0 Å². The maximum Gasteiger partial charge on any atom is 0.0708 e. The Balaban J connectivity index is 1.57. The number of aromatic nitrogens is 1. The van der Waals surface area contributed by atoms with Crippen molar-refractivity contribution in [3.05, 3.63) is 127 Å². The van der Waals surface area contributed by atoms with Crippen molar-refractivity contribution in [2.75, 3.05) is 4.90 Å². The van der Waals surface area contributed by atoms with Gasteiger partial charge in [-0.05, 0) is 59.7 Å². The molecule has 0 saturated carbocycles. The van der Waals surface area contributed by atoms with Crippen LogP contribution in [0.1, 0.15) is 13.8 Å². The molecule has 3 aromatic carbocycles. The van der Waals surface area contributed by atoms with Crippen molar-refractivity contribution in [1.29, 1.82) is 0 Å². The van der Waals surface area contributed by atoms with Crippen LogP contribution >= 0.6 is 0 Å². The van der Waals surface area contributed by atoms with E-state index in [0.29, 0.717) is 0 Å². The molecule has 2 nitrogen and oxygen atoms in total. The van der Waals surface area contributed by atoms with E-state index in [-0.39, 0.29) is 5.41 Å². The zero-order chi connectivity index (χ0) is 22.0. The molecule has 0 saturated heterocycles. The Kier molecular flexibility index (Phi) is 5.20. The van der Waals surface area contributed by atoms with E-state index in [1.165, 1.54) is 16.5 Å². The summed E-state index contributed by atoms with van der Waals surface area (Å²) in [6.07, 6.45) is 12.9. The van der Waals surface area contributed by atoms with Crippen LogP contribution in [-0.2, 0) is 0 Å². The molecule has 0 radical (unpaired) electrons. The van der Waals surface area contributed by atoms with Crippen molar-refractivity contribution in [3.63, 3.8) is 0 Å². The minimum Gasteiger partial charge on any atom is -0.311 e. The van der Waals surface area contributed by atoms with Gasteiger partial charge in [-0.2, -0.15) is 0 Å². The number of para-hydroxylation sites is 2. The number of fused-ring (bicyclic) bond motifs is 1. The van der Waals surface area contributed by atoms with Gasteiger partial charge in [0.1, 0.15) is 0 Å². The summed E-state index contributed by atoms with van der Waals surface area (Å²) in [4.78, 5) is 6.81. The molecule has 0 unspecified atom stereocenters. The molecule has 0 spiro atoms. The number of nitrogens with zero attached hydrogens (tertiary/aromatic N) is 2. The van der Waals surface area contributed by atoms with Gasteiger partial charge in [-0.25, -0.2) is 0 Å². The molecule has 1 aliphatic rings. The normalized spacial score (nSPS) is 14.8. The van der Waals surface area contributed by atoms with E-state index in [2.05, 4.69) is 133 Å². The zero-order valence-electron chi connectivity index (χ0n) is 18.4. The summed E-state index contributed by atoms with van der Waals surface area (Å²) in [6.45, 7) is 4.44. The van der Waals surface area contributed by atoms with Crippen LogP contribution in [0, 0.1) is 5.41 Å². The number of allylic oxidation sites excluding steroid dienone is 5. The van der Waals surface area contributed by atoms with Crippen LogP contribution in [0.15, 0.2) is 127 Å². The minimum atomic E-state index is 0.0346. The van der Waals surface area contributed by atoms with Crippen LogP contribution in [0.3, 0.4) is 0 Å². The lowest BCUT2D eigenvalue weighted by Crippen LogP contribution is -2.15. The van der Waals surface area contributed by atoms with Crippen LogP contribution in [0.5, 0.6) is 0 Å². The molecule has 32 heavy (non-hydrogen) atoms. The molecule has 0 amide bonds. The Morgan fingerprint density at radius 3 is 2.25 bits per heavy atom. The molecule has 4 aromatic rings. The first-order valence-corrected chi connectivity index (χ1v) is 11.0. The highest BCUT2D eigenvalue weighted by atomic mass is 15.1. The molecule has 1 aromatic heterocycles. The van der Waals surface area contributed by atoms with Gasteiger partial charge in [0, 0.05) is 34.1 Å². The molecule has 5 rings (SSSR count). The Morgan fingerprint density at radius 2 is 1.44 bits per heavy atom. The second kappa shape index (κ2) is 8.32. The SMILES string of the molecule is CC1(C)C=CC=C(N(c2ccccc2)c2ccc(-c3ccnc4ccccc34)cc2)C=C1. The van der Waals surface area contributed by atoms with Gasteiger partial charge in [0.2, 0.25) is 0 Å². The van der Waals surface area contributed by atoms with Crippen molar-refractivity contribution < 1.29 is 0 Å². The fourth-order valence-corrected chi connectivity index (χ4v) is 4.12. The summed E-state index contributed by atoms with van der Waals surface area (Å²) in [5.41, 5.74) is 6.84. The lowest BCUT2D eigenvalue weighted by molar-refractivity contribution is 0.627. The number of pyridine rings is 1. The number of hydrogen-bond donors (Lipinski definition) is 0. The lowest BCUT2D eigenvalue weighted by Gasteiger charge is -2.26. The van der Waals surface area contributed by atoms with Crippen molar-refractivity contribution >= 4 is 22.3 Å². The largest absolute Gasteiger partial charge is 0.311 e. The average Bonchev–Trinajstić information content (AvgIpc) is 3.01. The predicted molar refractivity (Wildman–Crippen MR) is 136 cm³/mol. The van der Waals surface area contributed by atoms with Gasteiger partial charge in [-0.15, -0.1) is 0 Å². The molecule has 0 fully saturated rings. The van der Waals surface area contributed by atoms with Crippen LogP contribution in [-0.4, -0.2) is 4.98 Å². The van der Waals surface area contributed by atoms with E-state index in [1.54, 1.807) is 0 Å². The topological polar surface area (TPSA) is 16.1 Å². The molecule has 1 aliphatic carbocycles. The number of anilines is 2. The molecular weight excluding hydrogens is 388 g/mol. The average molecular weight is 415 g/mol. The molecule has 1 heterocycles. The number of hydrogen-bond acceptors (Lipinski definition) is 2. The van der Waals surface area contributed by atoms with Gasteiger partial charge >= 0.3 is 0 Å². The van der Waals surface area contributed by atoms with Crippen LogP contribution in [0.2, 0.25) is 0 Å². The van der Waals surface area contributed by atoms with Gasteiger partial charge in [-0.1, -0.05) is 80.6 Å². The highest BCUT2D eigenvalue weighted by molar-refractivity contribution is 5.94. The third-order valence-corrected chi connectivity index (χ3v) is 5.83. The van der Waals surface area contributed by atoms with Gasteiger partial charge < -0.3 is 4.90 Å². The third kappa shape index (κ3) is 4.00. The van der Waals surface area contributed by atoms with Gasteiger partial charge in [0.15, 0.2) is 0 Å². The van der Waals surface area contributed by atoms with E-state index < -0.39 is 0 Å². The van der Waals surface area contributed by atoms with Gasteiger partial charge in [0.25, 0.3) is 0 Å². The Hall–Kier alpha value is -3.91. The molecule has 0 N–H and O–H groups in total. The lowest BCUT2D eigenvalue weighted by atomic mass is 9.93. The zero-order valence-corrected chi connectivity index (χ0v) is 18.4. The summed E-state index contributed by atoms with van der Waals surface area (Å²) < 4.78 is 0. The van der Waals surface area contributed by atoms with E-state index in [9.17, 15) is 0 Å². The minimum absolute atomic E-state index is 0.0346. The van der Waals surface area contributed by atoms with Crippen molar-refractivity contribution in [3.8, 4) is 11.1 Å². The number of rotatable bonds is 4. The summed E-state index contributed by atoms with van der Waals surface area (Å²) in [7, 11) is 0. The highest BCUT2D eigenvalue weighted by Crippen LogP contribution is 2.35. The Morgan fingerprint density at radius 1 is 0.719 bits per heavy atom. The van der Waals surface area contributed by atoms with Crippen LogP contribution in [0.25, 0.3) is 22.0 Å². The Labute approximate surface area is 189 Å². The summed E-state index contributed by atoms with van der Waals surface area (Å²) in [6, 6.07) is 29.7. The van der Waals surface area contributed by atoms with E-state index in [0.717, 1.165) is 22.6 Å².